The fourth-order valence-electron chi connectivity index (χ4n) is 2.96. The fourth-order valence-corrected chi connectivity index (χ4v) is 2.96. The summed E-state index contributed by atoms with van der Waals surface area (Å²) < 4.78 is 5.46. The maximum atomic E-state index is 9.56. The van der Waals surface area contributed by atoms with Gasteiger partial charge in [0.15, 0.2) is 0 Å². The number of para-hydroxylation sites is 2. The number of aliphatic hydroxyl groups is 1. The summed E-state index contributed by atoms with van der Waals surface area (Å²) >= 11 is 0. The highest BCUT2D eigenvalue weighted by Crippen LogP contribution is 2.40. The highest BCUT2D eigenvalue weighted by molar-refractivity contribution is 5.60. The Morgan fingerprint density at radius 3 is 2.78 bits per heavy atom. The second-order valence-electron chi connectivity index (χ2n) is 5.50. The van der Waals surface area contributed by atoms with E-state index < -0.39 is 0 Å². The number of nitrogens with zero attached hydrogens (tertiary/aromatic N) is 1. The molecule has 0 aromatic heterocycles. The van der Waals surface area contributed by atoms with Gasteiger partial charge in [0.1, 0.15) is 5.75 Å². The quantitative estimate of drug-likeness (QED) is 0.894. The molecule has 0 radical (unpaired) electrons. The normalized spacial score (nSPS) is 22.9. The lowest BCUT2D eigenvalue weighted by molar-refractivity contribution is 0.135. The maximum absolute atomic E-state index is 9.56. The molecule has 2 rings (SSSR count). The number of hydrogen-bond acceptors (Lipinski definition) is 3. The van der Waals surface area contributed by atoms with Gasteiger partial charge in [0.2, 0.25) is 0 Å². The lowest BCUT2D eigenvalue weighted by atomic mass is 9.79. The van der Waals surface area contributed by atoms with Gasteiger partial charge in [0.05, 0.1) is 12.8 Å². The van der Waals surface area contributed by atoms with E-state index in [0.29, 0.717) is 5.92 Å². The first-order valence-electron chi connectivity index (χ1n) is 6.62. The van der Waals surface area contributed by atoms with E-state index in [1.54, 1.807) is 7.11 Å². The van der Waals surface area contributed by atoms with Crippen molar-refractivity contribution in [1.82, 2.24) is 0 Å². The molecule has 100 valence electrons. The molecule has 0 spiro atoms. The molecule has 1 aliphatic heterocycles. The minimum atomic E-state index is -0.0400. The zero-order chi connectivity index (χ0) is 13.2. The molecule has 0 bridgehead atoms. The van der Waals surface area contributed by atoms with Gasteiger partial charge in [-0.1, -0.05) is 12.1 Å². The molecule has 1 heterocycles. The van der Waals surface area contributed by atoms with E-state index in [4.69, 9.17) is 4.74 Å². The van der Waals surface area contributed by atoms with Crippen molar-refractivity contribution in [3.8, 4) is 5.75 Å². The van der Waals surface area contributed by atoms with E-state index in [1.807, 2.05) is 18.2 Å². The Hall–Kier alpha value is -1.22. The molecule has 1 atom stereocenters. The van der Waals surface area contributed by atoms with Crippen LogP contribution in [0.15, 0.2) is 24.3 Å². The van der Waals surface area contributed by atoms with Crippen LogP contribution in [0.5, 0.6) is 5.75 Å². The smallest absolute Gasteiger partial charge is 0.142 e. The predicted octanol–water partition coefficient (Wildman–Crippen LogP) is 2.68. The Morgan fingerprint density at radius 1 is 1.39 bits per heavy atom. The summed E-state index contributed by atoms with van der Waals surface area (Å²) in [5, 5.41) is 9.56. The molecule has 18 heavy (non-hydrogen) atoms. The Balaban J connectivity index is 2.36. The van der Waals surface area contributed by atoms with Crippen LogP contribution in [-0.4, -0.2) is 30.9 Å². The van der Waals surface area contributed by atoms with Gasteiger partial charge in [-0.05, 0) is 38.8 Å². The predicted molar refractivity (Wildman–Crippen MR) is 74.2 cm³/mol. The van der Waals surface area contributed by atoms with Crippen molar-refractivity contribution in [3.05, 3.63) is 24.3 Å². The maximum Gasteiger partial charge on any atom is 0.142 e. The molecular formula is C15H23NO2. The second-order valence-corrected chi connectivity index (χ2v) is 5.50. The third-order valence-electron chi connectivity index (χ3n) is 4.23. The number of aliphatic hydroxyl groups excluding tert-OH is 1. The molecule has 1 N–H and O–H groups in total. The van der Waals surface area contributed by atoms with Gasteiger partial charge in [-0.15, -0.1) is 0 Å². The van der Waals surface area contributed by atoms with Crippen molar-refractivity contribution in [2.75, 3.05) is 25.2 Å². The lowest BCUT2D eigenvalue weighted by Crippen LogP contribution is -2.54. The van der Waals surface area contributed by atoms with Crippen LogP contribution in [0.3, 0.4) is 0 Å². The van der Waals surface area contributed by atoms with Crippen molar-refractivity contribution < 1.29 is 9.84 Å². The monoisotopic (exact) mass is 249 g/mol. The van der Waals surface area contributed by atoms with Gasteiger partial charge in [-0.3, -0.25) is 0 Å². The topological polar surface area (TPSA) is 32.7 Å². The van der Waals surface area contributed by atoms with Crippen molar-refractivity contribution in [1.29, 1.82) is 0 Å². The number of piperidine rings is 1. The van der Waals surface area contributed by atoms with Gasteiger partial charge in [-0.2, -0.15) is 0 Å². The summed E-state index contributed by atoms with van der Waals surface area (Å²) in [4.78, 5) is 2.37. The average Bonchev–Trinajstić information content (AvgIpc) is 2.38. The molecule has 1 fully saturated rings. The minimum absolute atomic E-state index is 0.0400. The Kier molecular flexibility index (Phi) is 3.81. The SMILES string of the molecule is COc1ccccc1N1CCCC(CO)C1(C)C. The van der Waals surface area contributed by atoms with E-state index >= 15 is 0 Å². The molecule has 1 unspecified atom stereocenters. The number of benzene rings is 1. The van der Waals surface area contributed by atoms with E-state index in [2.05, 4.69) is 24.8 Å². The first-order chi connectivity index (χ1) is 8.61. The molecule has 1 aliphatic rings. The first kappa shape index (κ1) is 13.2. The summed E-state index contributed by atoms with van der Waals surface area (Å²) in [5.41, 5.74) is 1.09. The number of hydrogen-bond donors (Lipinski definition) is 1. The van der Waals surface area contributed by atoms with Gasteiger partial charge >= 0.3 is 0 Å². The number of ether oxygens (including phenoxy) is 1. The summed E-state index contributed by atoms with van der Waals surface area (Å²) in [5.74, 6) is 1.22. The molecule has 0 amide bonds. The molecule has 1 saturated heterocycles. The minimum Gasteiger partial charge on any atom is -0.495 e. The molecule has 1 aromatic carbocycles. The van der Waals surface area contributed by atoms with Gasteiger partial charge in [0, 0.05) is 24.6 Å². The van der Waals surface area contributed by atoms with E-state index in [1.165, 1.54) is 0 Å². The standard InChI is InChI=1S/C15H23NO2/c1-15(2)12(11-17)7-6-10-16(15)13-8-4-5-9-14(13)18-3/h4-5,8-9,12,17H,6-7,10-11H2,1-3H3. The Morgan fingerprint density at radius 2 is 2.11 bits per heavy atom. The van der Waals surface area contributed by atoms with Crippen LogP contribution in [0.2, 0.25) is 0 Å². The zero-order valence-corrected chi connectivity index (χ0v) is 11.5. The largest absolute Gasteiger partial charge is 0.495 e. The molecular weight excluding hydrogens is 226 g/mol. The third-order valence-corrected chi connectivity index (χ3v) is 4.23. The summed E-state index contributed by atoms with van der Waals surface area (Å²) in [6.07, 6.45) is 2.21. The lowest BCUT2D eigenvalue weighted by Gasteiger charge is -2.49. The Labute approximate surface area is 109 Å². The molecule has 0 saturated carbocycles. The van der Waals surface area contributed by atoms with Crippen LogP contribution in [0.4, 0.5) is 5.69 Å². The van der Waals surface area contributed by atoms with Crippen molar-refractivity contribution in [2.45, 2.75) is 32.2 Å². The van der Waals surface area contributed by atoms with Crippen LogP contribution >= 0.6 is 0 Å². The van der Waals surface area contributed by atoms with Crippen LogP contribution in [0.25, 0.3) is 0 Å². The summed E-state index contributed by atoms with van der Waals surface area (Å²) in [7, 11) is 1.71. The first-order valence-corrected chi connectivity index (χ1v) is 6.62. The molecule has 3 nitrogen and oxygen atoms in total. The van der Waals surface area contributed by atoms with Crippen LogP contribution in [0, 0.1) is 5.92 Å². The highest BCUT2D eigenvalue weighted by atomic mass is 16.5. The van der Waals surface area contributed by atoms with Crippen LogP contribution < -0.4 is 9.64 Å². The van der Waals surface area contributed by atoms with Gasteiger partial charge in [0.25, 0.3) is 0 Å². The van der Waals surface area contributed by atoms with Crippen LogP contribution in [-0.2, 0) is 0 Å². The van der Waals surface area contributed by atoms with Gasteiger partial charge in [-0.25, -0.2) is 0 Å². The van der Waals surface area contributed by atoms with E-state index in [9.17, 15) is 5.11 Å². The molecule has 0 aliphatic carbocycles. The van der Waals surface area contributed by atoms with Crippen molar-refractivity contribution in [3.63, 3.8) is 0 Å². The van der Waals surface area contributed by atoms with Crippen LogP contribution in [0.1, 0.15) is 26.7 Å². The zero-order valence-electron chi connectivity index (χ0n) is 11.5. The van der Waals surface area contributed by atoms with E-state index in [0.717, 1.165) is 30.8 Å². The van der Waals surface area contributed by atoms with Crippen molar-refractivity contribution in [2.24, 2.45) is 5.92 Å². The number of methoxy groups -OCH3 is 1. The van der Waals surface area contributed by atoms with Gasteiger partial charge < -0.3 is 14.7 Å². The number of anilines is 1. The third kappa shape index (κ3) is 2.19. The van der Waals surface area contributed by atoms with E-state index in [-0.39, 0.29) is 12.1 Å². The summed E-state index contributed by atoms with van der Waals surface area (Å²) in [6, 6.07) is 8.12. The van der Waals surface area contributed by atoms with Crippen molar-refractivity contribution >= 4 is 5.69 Å². The highest BCUT2D eigenvalue weighted by Gasteiger charge is 2.39. The molecule has 1 aromatic rings. The summed E-state index contributed by atoms with van der Waals surface area (Å²) in [6.45, 7) is 5.68. The average molecular weight is 249 g/mol. The number of rotatable bonds is 3. The second kappa shape index (κ2) is 5.19. The fraction of sp³-hybridized carbons (Fsp3) is 0.600. The Bertz CT molecular complexity index is 403. The molecule has 3 heteroatoms.